The Bertz CT molecular complexity index is 268. The number of hydrogen-bond donors (Lipinski definition) is 2. The molecule has 0 saturated carbocycles. The summed E-state index contributed by atoms with van der Waals surface area (Å²) < 4.78 is 22.8. The summed E-state index contributed by atoms with van der Waals surface area (Å²) in [5.41, 5.74) is 5.62. The molecular formula is C5H7N3O3S. The average molecular weight is 189 g/mol. The summed E-state index contributed by atoms with van der Waals surface area (Å²) in [6.45, 7) is 0. The van der Waals surface area contributed by atoms with Gasteiger partial charge in [-0.2, -0.15) is 4.21 Å². The molecule has 0 aliphatic rings. The van der Waals surface area contributed by atoms with Crippen LogP contribution in [0.4, 0.5) is 0 Å². The maximum atomic E-state index is 10.1. The van der Waals surface area contributed by atoms with Gasteiger partial charge >= 0.3 is 11.4 Å². The number of nitrogens with zero attached hydrogens (tertiary/aromatic N) is 2. The van der Waals surface area contributed by atoms with Crippen LogP contribution < -0.4 is 5.73 Å². The Balaban J connectivity index is 2.65. The Morgan fingerprint density at radius 1 is 1.67 bits per heavy atom. The zero-order chi connectivity index (χ0) is 8.97. The summed E-state index contributed by atoms with van der Waals surface area (Å²) in [7, 11) is 0. The van der Waals surface area contributed by atoms with E-state index in [1.165, 1.54) is 18.6 Å². The standard InChI is InChI=1S/C5H7N3O3S/c6-5(11-12(9)10)4-3-7-1-2-8-4/h1-3,5H,6H2,(H,9,10). The molecule has 1 heterocycles. The van der Waals surface area contributed by atoms with Gasteiger partial charge in [0, 0.05) is 12.4 Å². The Kier molecular flexibility index (Phi) is 3.23. The first-order valence-electron chi connectivity index (χ1n) is 2.99. The Morgan fingerprint density at radius 3 is 2.92 bits per heavy atom. The number of hydrogen-bond acceptors (Lipinski definition) is 5. The minimum Gasteiger partial charge on any atom is -0.300 e. The first-order chi connectivity index (χ1) is 5.70. The zero-order valence-corrected chi connectivity index (χ0v) is 6.77. The van der Waals surface area contributed by atoms with E-state index in [4.69, 9.17) is 10.3 Å². The van der Waals surface area contributed by atoms with Gasteiger partial charge in [0.15, 0.2) is 6.23 Å². The second kappa shape index (κ2) is 4.21. The van der Waals surface area contributed by atoms with Crippen LogP contribution in [0.2, 0.25) is 0 Å². The van der Waals surface area contributed by atoms with Crippen LogP contribution in [0.15, 0.2) is 18.6 Å². The second-order valence-corrected chi connectivity index (χ2v) is 2.49. The van der Waals surface area contributed by atoms with Crippen molar-refractivity contribution in [2.24, 2.45) is 5.73 Å². The van der Waals surface area contributed by atoms with E-state index in [1.807, 2.05) is 0 Å². The highest BCUT2D eigenvalue weighted by Crippen LogP contribution is 2.06. The van der Waals surface area contributed by atoms with Crippen molar-refractivity contribution in [3.63, 3.8) is 0 Å². The molecule has 0 aliphatic carbocycles. The number of rotatable bonds is 3. The monoisotopic (exact) mass is 189 g/mol. The highest BCUT2D eigenvalue weighted by Gasteiger charge is 2.10. The van der Waals surface area contributed by atoms with Crippen LogP contribution in [-0.4, -0.2) is 18.7 Å². The Labute approximate surface area is 71.3 Å². The van der Waals surface area contributed by atoms with Crippen LogP contribution in [0, 0.1) is 0 Å². The van der Waals surface area contributed by atoms with Gasteiger partial charge in [-0.1, -0.05) is 0 Å². The molecule has 0 saturated heterocycles. The molecule has 0 spiro atoms. The average Bonchev–Trinajstić information content (AvgIpc) is 2.05. The molecule has 0 bridgehead atoms. The van der Waals surface area contributed by atoms with Crippen molar-refractivity contribution in [2.75, 3.05) is 0 Å². The molecule has 66 valence electrons. The van der Waals surface area contributed by atoms with Crippen LogP contribution >= 0.6 is 0 Å². The van der Waals surface area contributed by atoms with Gasteiger partial charge in [0.2, 0.25) is 0 Å². The molecule has 0 fully saturated rings. The Hall–Kier alpha value is -0.890. The maximum absolute atomic E-state index is 10.1. The summed E-state index contributed by atoms with van der Waals surface area (Å²) in [6.07, 6.45) is 3.22. The third-order valence-corrected chi connectivity index (χ3v) is 1.43. The molecule has 3 N–H and O–H groups in total. The van der Waals surface area contributed by atoms with Crippen molar-refractivity contribution in [3.05, 3.63) is 24.3 Å². The number of nitrogens with two attached hydrogens (primary N) is 1. The smallest absolute Gasteiger partial charge is 0.300 e. The fourth-order valence-corrected chi connectivity index (χ4v) is 0.871. The van der Waals surface area contributed by atoms with Gasteiger partial charge in [0.25, 0.3) is 0 Å². The molecule has 1 aromatic rings. The van der Waals surface area contributed by atoms with E-state index < -0.39 is 17.6 Å². The topological polar surface area (TPSA) is 98.3 Å². The predicted octanol–water partition coefficient (Wildman–Crippen LogP) is -0.413. The van der Waals surface area contributed by atoms with Gasteiger partial charge in [-0.15, -0.1) is 0 Å². The quantitative estimate of drug-likeness (QED) is 0.495. The summed E-state index contributed by atoms with van der Waals surface area (Å²) in [5, 5.41) is 0. The first kappa shape index (κ1) is 9.20. The van der Waals surface area contributed by atoms with Crippen LogP contribution in [0.3, 0.4) is 0 Å². The molecule has 0 aromatic carbocycles. The summed E-state index contributed by atoms with van der Waals surface area (Å²) in [5.74, 6) is 0. The molecule has 0 amide bonds. The molecular weight excluding hydrogens is 182 g/mol. The maximum Gasteiger partial charge on any atom is 0.303 e. The molecule has 12 heavy (non-hydrogen) atoms. The molecule has 1 rings (SSSR count). The van der Waals surface area contributed by atoms with Gasteiger partial charge in [0.05, 0.1) is 6.20 Å². The third-order valence-electron chi connectivity index (χ3n) is 1.06. The fraction of sp³-hybridized carbons (Fsp3) is 0.200. The van der Waals surface area contributed by atoms with E-state index in [9.17, 15) is 4.21 Å². The first-order valence-corrected chi connectivity index (χ1v) is 4.03. The van der Waals surface area contributed by atoms with E-state index >= 15 is 0 Å². The highest BCUT2D eigenvalue weighted by molar-refractivity contribution is 7.74. The van der Waals surface area contributed by atoms with Crippen molar-refractivity contribution >= 4 is 11.4 Å². The van der Waals surface area contributed by atoms with E-state index in [0.717, 1.165) is 0 Å². The van der Waals surface area contributed by atoms with Crippen molar-refractivity contribution in [1.29, 1.82) is 0 Å². The van der Waals surface area contributed by atoms with Gasteiger partial charge in [0.1, 0.15) is 5.69 Å². The summed E-state index contributed by atoms with van der Waals surface area (Å²) >= 11 is -2.39. The molecule has 6 nitrogen and oxygen atoms in total. The lowest BCUT2D eigenvalue weighted by atomic mass is 10.4. The van der Waals surface area contributed by atoms with Crippen LogP contribution in [-0.2, 0) is 15.5 Å². The van der Waals surface area contributed by atoms with Crippen LogP contribution in [0.25, 0.3) is 0 Å². The fourth-order valence-electron chi connectivity index (χ4n) is 0.596. The SMILES string of the molecule is NC(OS(=O)O)c1cnccn1. The molecule has 7 heteroatoms. The van der Waals surface area contributed by atoms with Crippen LogP contribution in [0.1, 0.15) is 11.9 Å². The van der Waals surface area contributed by atoms with Gasteiger partial charge in [-0.3, -0.25) is 20.3 Å². The lowest BCUT2D eigenvalue weighted by Gasteiger charge is -2.06. The van der Waals surface area contributed by atoms with Crippen molar-refractivity contribution < 1.29 is 12.9 Å². The molecule has 0 radical (unpaired) electrons. The van der Waals surface area contributed by atoms with Crippen molar-refractivity contribution in [3.8, 4) is 0 Å². The minimum absolute atomic E-state index is 0.305. The number of aromatic nitrogens is 2. The molecule has 1 aromatic heterocycles. The zero-order valence-electron chi connectivity index (χ0n) is 5.95. The third kappa shape index (κ3) is 2.62. The van der Waals surface area contributed by atoms with Gasteiger partial charge in [-0.05, 0) is 0 Å². The summed E-state index contributed by atoms with van der Waals surface area (Å²) in [4.78, 5) is 7.48. The Morgan fingerprint density at radius 2 is 2.42 bits per heavy atom. The molecule has 2 atom stereocenters. The second-order valence-electron chi connectivity index (χ2n) is 1.86. The van der Waals surface area contributed by atoms with Gasteiger partial charge < -0.3 is 0 Å². The van der Waals surface area contributed by atoms with Crippen molar-refractivity contribution in [1.82, 2.24) is 9.97 Å². The van der Waals surface area contributed by atoms with E-state index in [1.54, 1.807) is 0 Å². The van der Waals surface area contributed by atoms with E-state index in [-0.39, 0.29) is 0 Å². The van der Waals surface area contributed by atoms with E-state index in [0.29, 0.717) is 5.69 Å². The van der Waals surface area contributed by atoms with Gasteiger partial charge in [-0.25, -0.2) is 4.18 Å². The minimum atomic E-state index is -2.39. The van der Waals surface area contributed by atoms with E-state index in [2.05, 4.69) is 14.2 Å². The molecule has 0 aliphatic heterocycles. The lowest BCUT2D eigenvalue weighted by Crippen LogP contribution is -2.16. The highest BCUT2D eigenvalue weighted by atomic mass is 32.2. The lowest BCUT2D eigenvalue weighted by molar-refractivity contribution is 0.210. The molecule has 2 unspecified atom stereocenters. The van der Waals surface area contributed by atoms with Crippen molar-refractivity contribution in [2.45, 2.75) is 6.23 Å². The van der Waals surface area contributed by atoms with Crippen LogP contribution in [0.5, 0.6) is 0 Å². The predicted molar refractivity (Wildman–Crippen MR) is 40.8 cm³/mol. The largest absolute Gasteiger partial charge is 0.303 e. The normalized spacial score (nSPS) is 15.5. The summed E-state index contributed by atoms with van der Waals surface area (Å²) in [6, 6.07) is 0.